The third kappa shape index (κ3) is 6.03. The number of para-hydroxylation sites is 1. The molecule has 1 heterocycles. The SMILES string of the molecule is CN(C)C(=O)CCc1ccccc1NC(=O)NCCc1nnc(N)s1. The molecule has 0 atom stereocenters. The number of rotatable bonds is 7. The van der Waals surface area contributed by atoms with Crippen LogP contribution < -0.4 is 16.4 Å². The first kappa shape index (κ1) is 18.7. The van der Waals surface area contributed by atoms with Gasteiger partial charge >= 0.3 is 6.03 Å². The van der Waals surface area contributed by atoms with Crippen molar-refractivity contribution in [2.45, 2.75) is 19.3 Å². The van der Waals surface area contributed by atoms with E-state index in [9.17, 15) is 9.59 Å². The van der Waals surface area contributed by atoms with Gasteiger partial charge in [0, 0.05) is 39.2 Å². The third-order valence-corrected chi connectivity index (χ3v) is 4.29. The Balaban J connectivity index is 1.84. The standard InChI is InChI=1S/C16H22N6O2S/c1-22(2)14(23)8-7-11-5-3-4-6-12(11)19-16(24)18-10-9-13-20-21-15(17)25-13/h3-6H,7-10H2,1-2H3,(H2,17,21)(H2,18,19,24). The predicted octanol–water partition coefficient (Wildman–Crippen LogP) is 1.51. The normalized spacial score (nSPS) is 10.3. The van der Waals surface area contributed by atoms with Crippen molar-refractivity contribution in [2.75, 3.05) is 31.7 Å². The summed E-state index contributed by atoms with van der Waals surface area (Å²) < 4.78 is 0. The molecule has 0 aliphatic heterocycles. The zero-order chi connectivity index (χ0) is 18.2. The fraction of sp³-hybridized carbons (Fsp3) is 0.375. The highest BCUT2D eigenvalue weighted by atomic mass is 32.1. The van der Waals surface area contributed by atoms with Crippen LogP contribution in [0.5, 0.6) is 0 Å². The number of hydrogen-bond donors (Lipinski definition) is 3. The summed E-state index contributed by atoms with van der Waals surface area (Å²) >= 11 is 1.31. The van der Waals surface area contributed by atoms with Gasteiger partial charge in [0.1, 0.15) is 5.01 Å². The topological polar surface area (TPSA) is 113 Å². The van der Waals surface area contributed by atoms with Gasteiger partial charge in [-0.25, -0.2) is 4.79 Å². The molecule has 1 aromatic carbocycles. The molecule has 1 aromatic heterocycles. The van der Waals surface area contributed by atoms with Crippen LogP contribution in [0.15, 0.2) is 24.3 Å². The molecule has 0 aliphatic carbocycles. The van der Waals surface area contributed by atoms with Crippen molar-refractivity contribution < 1.29 is 9.59 Å². The molecule has 0 saturated heterocycles. The number of aromatic nitrogens is 2. The molecule has 0 bridgehead atoms. The number of nitrogens with two attached hydrogens (primary N) is 1. The van der Waals surface area contributed by atoms with Crippen molar-refractivity contribution >= 4 is 34.1 Å². The number of carbonyl (C=O) groups is 2. The Morgan fingerprint density at radius 2 is 1.96 bits per heavy atom. The second kappa shape index (κ2) is 8.97. The summed E-state index contributed by atoms with van der Waals surface area (Å²) in [6.07, 6.45) is 1.53. The maximum atomic E-state index is 12.1. The number of benzene rings is 1. The van der Waals surface area contributed by atoms with Gasteiger partial charge in [-0.15, -0.1) is 10.2 Å². The van der Waals surface area contributed by atoms with Gasteiger partial charge in [-0.2, -0.15) is 0 Å². The van der Waals surface area contributed by atoms with E-state index in [1.54, 1.807) is 19.0 Å². The van der Waals surface area contributed by atoms with Crippen molar-refractivity contribution in [2.24, 2.45) is 0 Å². The van der Waals surface area contributed by atoms with Crippen LogP contribution >= 0.6 is 11.3 Å². The Morgan fingerprint density at radius 3 is 2.64 bits per heavy atom. The highest BCUT2D eigenvalue weighted by Gasteiger charge is 2.10. The lowest BCUT2D eigenvalue weighted by molar-refractivity contribution is -0.128. The second-order valence-electron chi connectivity index (χ2n) is 5.61. The van der Waals surface area contributed by atoms with Crippen LogP contribution in [0.4, 0.5) is 15.6 Å². The Morgan fingerprint density at radius 1 is 1.20 bits per heavy atom. The summed E-state index contributed by atoms with van der Waals surface area (Å²) in [5.74, 6) is 0.0515. The molecule has 0 fully saturated rings. The highest BCUT2D eigenvalue weighted by Crippen LogP contribution is 2.17. The van der Waals surface area contributed by atoms with E-state index in [4.69, 9.17) is 5.73 Å². The minimum atomic E-state index is -0.302. The van der Waals surface area contributed by atoms with Gasteiger partial charge in [-0.1, -0.05) is 29.5 Å². The number of hydrogen-bond acceptors (Lipinski definition) is 6. The number of nitrogen functional groups attached to an aromatic ring is 1. The summed E-state index contributed by atoms with van der Waals surface area (Å²) in [5, 5.41) is 14.4. The van der Waals surface area contributed by atoms with Crippen LogP contribution in [-0.4, -0.2) is 47.7 Å². The van der Waals surface area contributed by atoms with Gasteiger partial charge in [0.15, 0.2) is 0 Å². The summed E-state index contributed by atoms with van der Waals surface area (Å²) in [4.78, 5) is 25.3. The van der Waals surface area contributed by atoms with E-state index in [2.05, 4.69) is 20.8 Å². The number of nitrogens with zero attached hydrogens (tertiary/aromatic N) is 3. The highest BCUT2D eigenvalue weighted by molar-refractivity contribution is 7.15. The van der Waals surface area contributed by atoms with Crippen molar-refractivity contribution in [1.82, 2.24) is 20.4 Å². The number of urea groups is 1. The average Bonchev–Trinajstić information content (AvgIpc) is 2.99. The van der Waals surface area contributed by atoms with Gasteiger partial charge in [0.2, 0.25) is 11.0 Å². The van der Waals surface area contributed by atoms with Crippen LogP contribution in [0.2, 0.25) is 0 Å². The molecule has 0 saturated carbocycles. The van der Waals surface area contributed by atoms with Crippen LogP contribution in [-0.2, 0) is 17.6 Å². The van der Waals surface area contributed by atoms with Crippen molar-refractivity contribution in [3.63, 3.8) is 0 Å². The molecule has 25 heavy (non-hydrogen) atoms. The van der Waals surface area contributed by atoms with Gasteiger partial charge in [-0.05, 0) is 18.1 Å². The number of nitrogens with one attached hydrogen (secondary N) is 2. The minimum Gasteiger partial charge on any atom is -0.374 e. The number of carbonyl (C=O) groups excluding carboxylic acids is 2. The first-order chi connectivity index (χ1) is 12.0. The lowest BCUT2D eigenvalue weighted by Gasteiger charge is -2.13. The average molecular weight is 362 g/mol. The number of aryl methyl sites for hydroxylation is 1. The van der Waals surface area contributed by atoms with Crippen LogP contribution in [0, 0.1) is 0 Å². The molecule has 2 rings (SSSR count). The zero-order valence-corrected chi connectivity index (χ0v) is 15.1. The summed E-state index contributed by atoms with van der Waals surface area (Å²) in [6.45, 7) is 0.432. The Bertz CT molecular complexity index is 731. The molecular weight excluding hydrogens is 340 g/mol. The largest absolute Gasteiger partial charge is 0.374 e. The first-order valence-corrected chi connectivity index (χ1v) is 8.68. The molecule has 4 N–H and O–H groups in total. The fourth-order valence-corrected chi connectivity index (χ4v) is 2.75. The van der Waals surface area contributed by atoms with Crippen LogP contribution in [0.25, 0.3) is 0 Å². The monoisotopic (exact) mass is 362 g/mol. The van der Waals surface area contributed by atoms with E-state index in [1.165, 1.54) is 11.3 Å². The minimum absolute atomic E-state index is 0.0515. The lowest BCUT2D eigenvalue weighted by Crippen LogP contribution is -2.30. The fourth-order valence-electron chi connectivity index (χ4n) is 2.14. The van der Waals surface area contributed by atoms with E-state index < -0.39 is 0 Å². The Kier molecular flexibility index (Phi) is 6.70. The van der Waals surface area contributed by atoms with E-state index in [0.717, 1.165) is 10.6 Å². The molecule has 0 spiro atoms. The molecule has 0 unspecified atom stereocenters. The Hall–Kier alpha value is -2.68. The molecule has 0 aliphatic rings. The molecule has 0 radical (unpaired) electrons. The van der Waals surface area contributed by atoms with E-state index in [1.807, 2.05) is 24.3 Å². The predicted molar refractivity (Wildman–Crippen MR) is 98.5 cm³/mol. The molecule has 9 heteroatoms. The van der Waals surface area contributed by atoms with Crippen LogP contribution in [0.3, 0.4) is 0 Å². The quantitative estimate of drug-likeness (QED) is 0.691. The van der Waals surface area contributed by atoms with E-state index >= 15 is 0 Å². The Labute approximate surface area is 150 Å². The lowest BCUT2D eigenvalue weighted by atomic mass is 10.1. The van der Waals surface area contributed by atoms with Crippen LogP contribution in [0.1, 0.15) is 17.0 Å². The van der Waals surface area contributed by atoms with Gasteiger partial charge in [-0.3, -0.25) is 4.79 Å². The van der Waals surface area contributed by atoms with E-state index in [0.29, 0.717) is 36.6 Å². The van der Waals surface area contributed by atoms with Crippen molar-refractivity contribution in [1.29, 1.82) is 0 Å². The summed E-state index contributed by atoms with van der Waals surface area (Å²) in [6, 6.07) is 7.15. The van der Waals surface area contributed by atoms with Gasteiger partial charge in [0.05, 0.1) is 0 Å². The molecular formula is C16H22N6O2S. The second-order valence-corrected chi connectivity index (χ2v) is 6.70. The number of amides is 3. The maximum Gasteiger partial charge on any atom is 0.319 e. The molecule has 8 nitrogen and oxygen atoms in total. The smallest absolute Gasteiger partial charge is 0.319 e. The third-order valence-electron chi connectivity index (χ3n) is 3.48. The molecule has 134 valence electrons. The molecule has 2 aromatic rings. The summed E-state index contributed by atoms with van der Waals surface area (Å²) in [7, 11) is 3.46. The van der Waals surface area contributed by atoms with Crippen molar-refractivity contribution in [3.8, 4) is 0 Å². The summed E-state index contributed by atoms with van der Waals surface area (Å²) in [5.41, 5.74) is 7.14. The number of anilines is 2. The van der Waals surface area contributed by atoms with Gasteiger partial charge in [0.25, 0.3) is 0 Å². The van der Waals surface area contributed by atoms with Gasteiger partial charge < -0.3 is 21.3 Å². The first-order valence-electron chi connectivity index (χ1n) is 7.86. The van der Waals surface area contributed by atoms with Crippen molar-refractivity contribution in [3.05, 3.63) is 34.8 Å². The zero-order valence-electron chi connectivity index (χ0n) is 14.3. The maximum absolute atomic E-state index is 12.1. The molecule has 3 amide bonds. The van der Waals surface area contributed by atoms with E-state index in [-0.39, 0.29) is 11.9 Å².